The lowest BCUT2D eigenvalue weighted by atomic mass is 10.2. The number of thiazole rings is 1. The minimum absolute atomic E-state index is 0.344. The van der Waals surface area contributed by atoms with Crippen LogP contribution >= 0.6 is 11.3 Å². The van der Waals surface area contributed by atoms with Crippen LogP contribution in [0.4, 0.5) is 18.3 Å². The number of fused-ring (bicyclic) bond motifs is 1. The van der Waals surface area contributed by atoms with Crippen molar-refractivity contribution >= 4 is 26.7 Å². The van der Waals surface area contributed by atoms with Gasteiger partial charge in [-0.25, -0.2) is 4.98 Å². The van der Waals surface area contributed by atoms with E-state index in [1.807, 2.05) is 4.57 Å². The second-order valence-electron chi connectivity index (χ2n) is 5.44. The molecule has 1 fully saturated rings. The first-order valence-electron chi connectivity index (χ1n) is 7.11. The molecular weight excluding hydrogens is 327 g/mol. The average molecular weight is 339 g/mol. The highest BCUT2D eigenvalue weighted by atomic mass is 32.1. The van der Waals surface area contributed by atoms with Gasteiger partial charge in [0.25, 0.3) is 0 Å². The van der Waals surface area contributed by atoms with Gasteiger partial charge in [0.2, 0.25) is 0 Å². The number of nitrogens with one attached hydrogen (secondary N) is 1. The summed E-state index contributed by atoms with van der Waals surface area (Å²) in [6.07, 6.45) is -0.381. The highest BCUT2D eigenvalue weighted by Crippen LogP contribution is 2.36. The summed E-state index contributed by atoms with van der Waals surface area (Å²) in [5.41, 5.74) is -0.341. The lowest BCUT2D eigenvalue weighted by Gasteiger charge is -2.05. The summed E-state index contributed by atoms with van der Waals surface area (Å²) in [7, 11) is 0. The summed E-state index contributed by atoms with van der Waals surface area (Å²) < 4.78 is 40.9. The molecule has 5 nitrogen and oxygen atoms in total. The van der Waals surface area contributed by atoms with Crippen LogP contribution in [-0.4, -0.2) is 19.7 Å². The molecule has 0 bridgehead atoms. The van der Waals surface area contributed by atoms with E-state index in [2.05, 4.69) is 20.5 Å². The molecule has 0 saturated heterocycles. The number of benzene rings is 1. The van der Waals surface area contributed by atoms with Crippen LogP contribution in [0, 0.1) is 0 Å². The van der Waals surface area contributed by atoms with Crippen molar-refractivity contribution in [2.75, 3.05) is 5.32 Å². The molecule has 3 aromatic rings. The molecule has 120 valence electrons. The summed E-state index contributed by atoms with van der Waals surface area (Å²) in [5, 5.41) is 11.7. The third-order valence-electron chi connectivity index (χ3n) is 3.70. The van der Waals surface area contributed by atoms with Gasteiger partial charge in [-0.05, 0) is 31.0 Å². The van der Waals surface area contributed by atoms with Gasteiger partial charge in [-0.3, -0.25) is 0 Å². The molecule has 0 spiro atoms. The SMILES string of the molecule is FC(F)(F)c1ccc2sc(NCc3nncn3C3CC3)nc2c1. The normalized spacial score (nSPS) is 15.3. The smallest absolute Gasteiger partial charge is 0.354 e. The van der Waals surface area contributed by atoms with Crippen molar-refractivity contribution in [3.05, 3.63) is 35.9 Å². The van der Waals surface area contributed by atoms with Crippen LogP contribution in [0.2, 0.25) is 0 Å². The molecule has 4 rings (SSSR count). The molecule has 2 aromatic heterocycles. The van der Waals surface area contributed by atoms with Gasteiger partial charge in [0.1, 0.15) is 6.33 Å². The zero-order valence-corrected chi connectivity index (χ0v) is 12.7. The maximum atomic E-state index is 12.7. The van der Waals surface area contributed by atoms with Gasteiger partial charge in [0.15, 0.2) is 11.0 Å². The zero-order chi connectivity index (χ0) is 16.0. The quantitative estimate of drug-likeness (QED) is 0.784. The van der Waals surface area contributed by atoms with Gasteiger partial charge >= 0.3 is 6.18 Å². The van der Waals surface area contributed by atoms with Gasteiger partial charge in [-0.15, -0.1) is 10.2 Å². The minimum atomic E-state index is -4.36. The number of rotatable bonds is 4. The zero-order valence-electron chi connectivity index (χ0n) is 11.8. The van der Waals surface area contributed by atoms with Crippen LogP contribution in [0.3, 0.4) is 0 Å². The van der Waals surface area contributed by atoms with E-state index in [1.165, 1.54) is 17.4 Å². The Kier molecular flexibility index (Phi) is 3.26. The first-order valence-corrected chi connectivity index (χ1v) is 7.92. The van der Waals surface area contributed by atoms with Crippen LogP contribution in [0.5, 0.6) is 0 Å². The Hall–Kier alpha value is -2.16. The van der Waals surface area contributed by atoms with Crippen molar-refractivity contribution in [2.24, 2.45) is 0 Å². The van der Waals surface area contributed by atoms with Gasteiger partial charge < -0.3 is 9.88 Å². The van der Waals surface area contributed by atoms with E-state index in [1.54, 1.807) is 6.33 Å². The third-order valence-corrected chi connectivity index (χ3v) is 4.69. The molecule has 23 heavy (non-hydrogen) atoms. The number of nitrogens with zero attached hydrogens (tertiary/aromatic N) is 4. The second-order valence-corrected chi connectivity index (χ2v) is 6.47. The van der Waals surface area contributed by atoms with Crippen LogP contribution in [0.25, 0.3) is 10.2 Å². The molecule has 0 aliphatic heterocycles. The van der Waals surface area contributed by atoms with Gasteiger partial charge in [-0.2, -0.15) is 13.2 Å². The molecule has 2 heterocycles. The van der Waals surface area contributed by atoms with Crippen LogP contribution in [-0.2, 0) is 12.7 Å². The fourth-order valence-corrected chi connectivity index (χ4v) is 3.23. The monoisotopic (exact) mass is 339 g/mol. The summed E-state index contributed by atoms with van der Waals surface area (Å²) in [5.74, 6) is 0.808. The average Bonchev–Trinajstić information content (AvgIpc) is 3.09. The van der Waals surface area contributed by atoms with E-state index >= 15 is 0 Å². The van der Waals surface area contributed by atoms with E-state index in [0.29, 0.717) is 27.9 Å². The predicted octanol–water partition coefficient (Wildman–Crippen LogP) is 3.85. The summed E-state index contributed by atoms with van der Waals surface area (Å²) in [6, 6.07) is 4.08. The Balaban J connectivity index is 1.54. The maximum Gasteiger partial charge on any atom is 0.416 e. The molecule has 0 atom stereocenters. The van der Waals surface area contributed by atoms with Crippen molar-refractivity contribution < 1.29 is 13.2 Å². The second kappa shape index (κ2) is 5.19. The number of halogens is 3. The number of aromatic nitrogens is 4. The number of hydrogen-bond donors (Lipinski definition) is 1. The van der Waals surface area contributed by atoms with Crippen molar-refractivity contribution in [1.82, 2.24) is 19.7 Å². The van der Waals surface area contributed by atoms with Crippen molar-refractivity contribution in [3.63, 3.8) is 0 Å². The topological polar surface area (TPSA) is 55.6 Å². The van der Waals surface area contributed by atoms with Crippen LogP contribution < -0.4 is 5.32 Å². The van der Waals surface area contributed by atoms with Crippen molar-refractivity contribution in [2.45, 2.75) is 31.6 Å². The summed E-state index contributed by atoms with van der Waals surface area (Å²) in [4.78, 5) is 4.23. The number of anilines is 1. The molecule has 0 unspecified atom stereocenters. The fraction of sp³-hybridized carbons (Fsp3) is 0.357. The van der Waals surface area contributed by atoms with E-state index in [9.17, 15) is 13.2 Å². The molecule has 0 amide bonds. The van der Waals surface area contributed by atoms with Gasteiger partial charge in [0.05, 0.1) is 22.3 Å². The van der Waals surface area contributed by atoms with E-state index in [-0.39, 0.29) is 0 Å². The standard InChI is InChI=1S/C14H12F3N5S/c15-14(16,17)8-1-4-11-10(5-8)20-13(23-11)18-6-12-21-19-7-22(12)9-2-3-9/h1,4-5,7,9H,2-3,6H2,(H,18,20). The molecule has 1 N–H and O–H groups in total. The molecule has 9 heteroatoms. The first kappa shape index (κ1) is 14.4. The highest BCUT2D eigenvalue weighted by Gasteiger charge is 2.31. The molecule has 1 aliphatic rings. The third kappa shape index (κ3) is 2.88. The summed E-state index contributed by atoms with van der Waals surface area (Å²) in [6.45, 7) is 0.447. The molecular formula is C14H12F3N5S. The van der Waals surface area contributed by atoms with Crippen LogP contribution in [0.15, 0.2) is 24.5 Å². The van der Waals surface area contributed by atoms with E-state index in [4.69, 9.17) is 0 Å². The predicted molar refractivity (Wildman–Crippen MR) is 80.2 cm³/mol. The Morgan fingerprint density at radius 3 is 2.87 bits per heavy atom. The van der Waals surface area contributed by atoms with Crippen molar-refractivity contribution in [3.8, 4) is 0 Å². The molecule has 1 aromatic carbocycles. The molecule has 1 aliphatic carbocycles. The van der Waals surface area contributed by atoms with Gasteiger partial charge in [0, 0.05) is 6.04 Å². The maximum absolute atomic E-state index is 12.7. The van der Waals surface area contributed by atoms with Crippen LogP contribution in [0.1, 0.15) is 30.3 Å². The van der Waals surface area contributed by atoms with E-state index in [0.717, 1.165) is 30.8 Å². The Morgan fingerprint density at radius 2 is 2.13 bits per heavy atom. The number of hydrogen-bond acceptors (Lipinski definition) is 5. The minimum Gasteiger partial charge on any atom is -0.354 e. The first-order chi connectivity index (χ1) is 11.0. The highest BCUT2D eigenvalue weighted by molar-refractivity contribution is 7.22. The van der Waals surface area contributed by atoms with Gasteiger partial charge in [-0.1, -0.05) is 11.3 Å². The Labute approximate surface area is 133 Å². The summed E-state index contributed by atoms with van der Waals surface area (Å²) >= 11 is 1.32. The number of alkyl halides is 3. The Bertz CT molecular complexity index is 850. The fourth-order valence-electron chi connectivity index (χ4n) is 2.38. The van der Waals surface area contributed by atoms with Crippen molar-refractivity contribution in [1.29, 1.82) is 0 Å². The molecule has 0 radical (unpaired) electrons. The lowest BCUT2D eigenvalue weighted by molar-refractivity contribution is -0.137. The Morgan fingerprint density at radius 1 is 1.30 bits per heavy atom. The largest absolute Gasteiger partial charge is 0.416 e. The lowest BCUT2D eigenvalue weighted by Crippen LogP contribution is -2.07. The molecule has 1 saturated carbocycles. The van der Waals surface area contributed by atoms with E-state index < -0.39 is 11.7 Å².